The van der Waals surface area contributed by atoms with E-state index in [9.17, 15) is 18.0 Å². The van der Waals surface area contributed by atoms with Crippen LogP contribution in [0.1, 0.15) is 24.6 Å². The van der Waals surface area contributed by atoms with Crippen molar-refractivity contribution in [3.8, 4) is 0 Å². The van der Waals surface area contributed by atoms with Crippen molar-refractivity contribution >= 4 is 33.6 Å². The molecule has 1 rings (SSSR count). The number of carbonyl (C=O) groups excluding carboxylic acids is 2. The first-order chi connectivity index (χ1) is 10.6. The quantitative estimate of drug-likeness (QED) is 0.533. The summed E-state index contributed by atoms with van der Waals surface area (Å²) in [6, 6.07) is 0. The lowest BCUT2D eigenvalue weighted by atomic mass is 10.0. The van der Waals surface area contributed by atoms with Crippen LogP contribution in [0.15, 0.2) is 6.20 Å². The molecule has 0 amide bonds. The van der Waals surface area contributed by atoms with Crippen LogP contribution in [0.25, 0.3) is 0 Å². The van der Waals surface area contributed by atoms with Gasteiger partial charge in [0.15, 0.2) is 0 Å². The van der Waals surface area contributed by atoms with Crippen molar-refractivity contribution in [1.29, 1.82) is 0 Å². The van der Waals surface area contributed by atoms with Crippen molar-refractivity contribution < 1.29 is 28.9 Å². The van der Waals surface area contributed by atoms with Crippen molar-refractivity contribution in [2.45, 2.75) is 25.1 Å². The molecule has 0 spiro atoms. The monoisotopic (exact) mass is 352 g/mol. The summed E-state index contributed by atoms with van der Waals surface area (Å²) in [5, 5.41) is 0. The molecule has 0 aliphatic rings. The Balaban J connectivity index is 3.41. The first kappa shape index (κ1) is 16.8. The van der Waals surface area contributed by atoms with E-state index < -0.39 is 27.8 Å². The van der Waals surface area contributed by atoms with Crippen LogP contribution in [0, 0.1) is 0 Å². The van der Waals surface area contributed by atoms with Gasteiger partial charge in [-0.15, -0.1) is 11.6 Å². The van der Waals surface area contributed by atoms with Crippen molar-refractivity contribution in [1.82, 2.24) is 3.97 Å². The van der Waals surface area contributed by atoms with E-state index in [2.05, 4.69) is 9.47 Å². The minimum Gasteiger partial charge on any atom is -0.469 e. The van der Waals surface area contributed by atoms with Crippen LogP contribution in [-0.4, -0.2) is 44.8 Å². The standard InChI is InChI=1S/C13H18ClNO6S/c1-20-12(16)5-4-9-8-15(22(3,18)19)11(7-14)10(9)6-13(17)21-2/h8H,4-7H2,1-3H3/i7D. The summed E-state index contributed by atoms with van der Waals surface area (Å²) in [5.41, 5.74) is 0.680. The summed E-state index contributed by atoms with van der Waals surface area (Å²) in [5.74, 6) is -2.47. The van der Waals surface area contributed by atoms with Crippen LogP contribution < -0.4 is 0 Å². The number of halogens is 1. The molecular weight excluding hydrogens is 334 g/mol. The third-order valence-corrected chi connectivity index (χ3v) is 4.27. The van der Waals surface area contributed by atoms with Crippen LogP contribution in [0.4, 0.5) is 0 Å². The molecule has 1 aromatic rings. The van der Waals surface area contributed by atoms with Crippen LogP contribution in [0.2, 0.25) is 0 Å². The van der Waals surface area contributed by atoms with Gasteiger partial charge in [0, 0.05) is 12.6 Å². The number of nitrogens with zero attached hydrogens (tertiary/aromatic N) is 1. The van der Waals surface area contributed by atoms with Crippen LogP contribution >= 0.6 is 11.6 Å². The van der Waals surface area contributed by atoms with Crippen molar-refractivity contribution in [3.63, 3.8) is 0 Å². The van der Waals surface area contributed by atoms with E-state index in [1.165, 1.54) is 20.4 Å². The minimum atomic E-state index is -3.72. The van der Waals surface area contributed by atoms with Crippen LogP contribution in [0.5, 0.6) is 0 Å². The second-order valence-electron chi connectivity index (χ2n) is 4.52. The molecule has 0 saturated carbocycles. The molecule has 0 aromatic carbocycles. The van der Waals surface area contributed by atoms with E-state index in [4.69, 9.17) is 13.0 Å². The molecule has 0 bridgehead atoms. The Kier molecular flexibility index (Phi) is 5.84. The molecule has 0 radical (unpaired) electrons. The van der Waals surface area contributed by atoms with E-state index in [1.807, 2.05) is 0 Å². The fourth-order valence-corrected chi connectivity index (χ4v) is 3.08. The van der Waals surface area contributed by atoms with Crippen molar-refractivity contribution in [2.75, 3.05) is 20.5 Å². The number of hydrogen-bond donors (Lipinski definition) is 0. The van der Waals surface area contributed by atoms with E-state index >= 15 is 0 Å². The average molecular weight is 353 g/mol. The molecule has 0 fully saturated rings. The summed E-state index contributed by atoms with van der Waals surface area (Å²) in [6.07, 6.45) is 2.14. The Labute approximate surface area is 135 Å². The Morgan fingerprint density at radius 1 is 1.32 bits per heavy atom. The smallest absolute Gasteiger partial charge is 0.310 e. The largest absolute Gasteiger partial charge is 0.469 e. The highest BCUT2D eigenvalue weighted by Crippen LogP contribution is 2.24. The lowest BCUT2D eigenvalue weighted by Crippen LogP contribution is -2.13. The number of aromatic nitrogens is 1. The molecule has 0 N–H and O–H groups in total. The summed E-state index contributed by atoms with van der Waals surface area (Å²) in [4.78, 5) is 22.9. The molecule has 1 heterocycles. The van der Waals surface area contributed by atoms with Gasteiger partial charge in [-0.3, -0.25) is 9.59 Å². The van der Waals surface area contributed by atoms with Gasteiger partial charge in [-0.05, 0) is 17.5 Å². The van der Waals surface area contributed by atoms with Gasteiger partial charge in [0.2, 0.25) is 10.0 Å². The summed E-state index contributed by atoms with van der Waals surface area (Å²) in [6.45, 7) is 0. The number of rotatable bonds is 7. The lowest BCUT2D eigenvalue weighted by molar-refractivity contribution is -0.140. The highest BCUT2D eigenvalue weighted by Gasteiger charge is 2.22. The fourth-order valence-electron chi connectivity index (χ4n) is 1.95. The second kappa shape index (κ2) is 7.64. The maximum atomic E-state index is 11.9. The number of ether oxygens (including phenoxy) is 2. The molecule has 1 atom stereocenters. The van der Waals surface area contributed by atoms with E-state index in [0.29, 0.717) is 5.56 Å². The number of methoxy groups -OCH3 is 2. The van der Waals surface area contributed by atoms with E-state index in [0.717, 1.165) is 10.2 Å². The van der Waals surface area contributed by atoms with Gasteiger partial charge in [0.25, 0.3) is 0 Å². The van der Waals surface area contributed by atoms with Gasteiger partial charge in [-0.1, -0.05) is 0 Å². The molecular formula is C13H18ClNO6S. The van der Waals surface area contributed by atoms with Gasteiger partial charge in [-0.25, -0.2) is 12.4 Å². The Bertz CT molecular complexity index is 698. The van der Waals surface area contributed by atoms with Gasteiger partial charge < -0.3 is 9.47 Å². The summed E-state index contributed by atoms with van der Waals surface area (Å²) < 4.78 is 41.5. The maximum absolute atomic E-state index is 11.9. The molecule has 124 valence electrons. The predicted octanol–water partition coefficient (Wildman–Crippen LogP) is 0.856. The SMILES string of the molecule is [2H]C(Cl)c1c(CC(=O)OC)c(CCC(=O)OC)cn1S(C)(=O)=O. The first-order valence-corrected chi connectivity index (χ1v) is 8.53. The molecule has 0 saturated heterocycles. The molecule has 1 unspecified atom stereocenters. The second-order valence-corrected chi connectivity index (χ2v) is 6.59. The summed E-state index contributed by atoms with van der Waals surface area (Å²) >= 11 is 5.79. The highest BCUT2D eigenvalue weighted by atomic mass is 35.5. The maximum Gasteiger partial charge on any atom is 0.310 e. The average Bonchev–Trinajstić information content (AvgIpc) is 2.83. The fraction of sp³-hybridized carbons (Fsp3) is 0.538. The van der Waals surface area contributed by atoms with Crippen molar-refractivity contribution in [3.05, 3.63) is 23.0 Å². The van der Waals surface area contributed by atoms with E-state index in [1.54, 1.807) is 0 Å². The zero-order valence-corrected chi connectivity index (χ0v) is 14.0. The molecule has 0 aliphatic carbocycles. The van der Waals surface area contributed by atoms with Crippen LogP contribution in [-0.2, 0) is 47.8 Å². The number of carbonyl (C=O) groups is 2. The number of esters is 2. The lowest BCUT2D eigenvalue weighted by Gasteiger charge is -2.07. The number of hydrogen-bond acceptors (Lipinski definition) is 6. The van der Waals surface area contributed by atoms with Gasteiger partial charge in [-0.2, -0.15) is 0 Å². The topological polar surface area (TPSA) is 91.7 Å². The predicted molar refractivity (Wildman–Crippen MR) is 80.3 cm³/mol. The van der Waals surface area contributed by atoms with Gasteiger partial charge in [0.05, 0.1) is 39.8 Å². The Hall–Kier alpha value is -1.54. The van der Waals surface area contributed by atoms with Crippen LogP contribution in [0.3, 0.4) is 0 Å². The third kappa shape index (κ3) is 4.48. The zero-order valence-electron chi connectivity index (χ0n) is 13.5. The summed E-state index contributed by atoms with van der Waals surface area (Å²) in [7, 11) is -1.29. The van der Waals surface area contributed by atoms with Gasteiger partial charge in [0.1, 0.15) is 0 Å². The number of alkyl halides is 1. The molecule has 9 heteroatoms. The minimum absolute atomic E-state index is 0.00282. The van der Waals surface area contributed by atoms with E-state index in [-0.39, 0.29) is 30.5 Å². The van der Waals surface area contributed by atoms with Crippen molar-refractivity contribution in [2.24, 2.45) is 0 Å². The molecule has 7 nitrogen and oxygen atoms in total. The molecule has 1 aromatic heterocycles. The zero-order chi connectivity index (χ0) is 17.8. The molecule has 22 heavy (non-hydrogen) atoms. The Morgan fingerprint density at radius 2 is 1.91 bits per heavy atom. The molecule has 0 aliphatic heterocycles. The Morgan fingerprint density at radius 3 is 2.36 bits per heavy atom. The van der Waals surface area contributed by atoms with Gasteiger partial charge >= 0.3 is 11.9 Å². The normalized spacial score (nSPS) is 13.4. The third-order valence-electron chi connectivity index (χ3n) is 3.04. The first-order valence-electron chi connectivity index (χ1n) is 6.83. The number of aryl methyl sites for hydroxylation is 1. The highest BCUT2D eigenvalue weighted by molar-refractivity contribution is 7.89.